The molecule has 7 heteroatoms. The molecule has 1 unspecified atom stereocenters. The number of rotatable bonds is 3. The Bertz CT molecular complexity index is 709. The number of nitrogens with zero attached hydrogens (tertiary/aromatic N) is 3. The van der Waals surface area contributed by atoms with Gasteiger partial charge in [-0.05, 0) is 13.8 Å². The Morgan fingerprint density at radius 2 is 2.26 bits per heavy atom. The molecule has 6 nitrogen and oxygen atoms in total. The molecule has 0 radical (unpaired) electrons. The summed E-state index contributed by atoms with van der Waals surface area (Å²) in [5.41, 5.74) is -0.666. The minimum atomic E-state index is -2.61. The predicted octanol–water partition coefficient (Wildman–Crippen LogP) is 1.95. The van der Waals surface area contributed by atoms with E-state index in [1.54, 1.807) is 26.8 Å². The van der Waals surface area contributed by atoms with E-state index in [1.807, 2.05) is 6.07 Å². The summed E-state index contributed by atoms with van der Waals surface area (Å²) in [6, 6.07) is 3.58. The first-order valence-electron chi connectivity index (χ1n) is 5.75. The van der Waals surface area contributed by atoms with Crippen molar-refractivity contribution in [3.63, 3.8) is 0 Å². The maximum Gasteiger partial charge on any atom is 0.188 e. The summed E-state index contributed by atoms with van der Waals surface area (Å²) in [6.45, 7) is 5.01. The lowest BCUT2D eigenvalue weighted by Crippen LogP contribution is -2.25. The molecule has 1 atom stereocenters. The lowest BCUT2D eigenvalue weighted by atomic mass is 10.2. The van der Waals surface area contributed by atoms with Crippen LogP contribution in [0.15, 0.2) is 21.5 Å². The smallest absolute Gasteiger partial charge is 0.188 e. The van der Waals surface area contributed by atoms with Crippen molar-refractivity contribution in [2.45, 2.75) is 31.3 Å². The molecule has 2 rings (SSSR count). The Labute approximate surface area is 112 Å². The fourth-order valence-corrected chi connectivity index (χ4v) is 3.35. The van der Waals surface area contributed by atoms with E-state index in [4.69, 9.17) is 15.4 Å². The van der Waals surface area contributed by atoms with Gasteiger partial charge < -0.3 is 4.74 Å². The van der Waals surface area contributed by atoms with Crippen molar-refractivity contribution in [2.24, 2.45) is 4.36 Å². The lowest BCUT2D eigenvalue weighted by molar-refractivity contribution is 0.168. The molecule has 1 aromatic rings. The maximum atomic E-state index is 12.5. The molecule has 100 valence electrons. The third kappa shape index (κ3) is 2.31. The molecule has 1 N–H and O–H groups in total. The van der Waals surface area contributed by atoms with E-state index >= 15 is 0 Å². The second kappa shape index (κ2) is 4.31. The average molecular weight is 278 g/mol. The lowest BCUT2D eigenvalue weighted by Gasteiger charge is -2.18. The monoisotopic (exact) mass is 278 g/mol. The van der Waals surface area contributed by atoms with Gasteiger partial charge in [-0.15, -0.1) is 0 Å². The van der Waals surface area contributed by atoms with Crippen molar-refractivity contribution >= 4 is 15.6 Å². The van der Waals surface area contributed by atoms with Crippen LogP contribution in [0.25, 0.3) is 0 Å². The first kappa shape index (κ1) is 13.5. The Kier molecular flexibility index (Phi) is 3.06. The van der Waals surface area contributed by atoms with Crippen LogP contribution >= 0.6 is 0 Å². The zero-order valence-corrected chi connectivity index (χ0v) is 11.7. The van der Waals surface area contributed by atoms with Crippen molar-refractivity contribution in [3.05, 3.63) is 18.0 Å². The molecule has 1 aliphatic heterocycles. The van der Waals surface area contributed by atoms with Crippen molar-refractivity contribution in [2.75, 3.05) is 5.75 Å². The van der Waals surface area contributed by atoms with Gasteiger partial charge in [0, 0.05) is 11.8 Å². The highest BCUT2D eigenvalue weighted by molar-refractivity contribution is 7.94. The Morgan fingerprint density at radius 3 is 2.84 bits per heavy atom. The number of amidine groups is 1. The zero-order chi connectivity index (χ0) is 14.3. The minimum Gasteiger partial charge on any atom is -0.471 e. The fourth-order valence-electron chi connectivity index (χ4n) is 1.68. The van der Waals surface area contributed by atoms with E-state index in [9.17, 15) is 4.21 Å². The van der Waals surface area contributed by atoms with Crippen LogP contribution in [0.5, 0.6) is 5.75 Å². The molecule has 0 saturated carbocycles. The summed E-state index contributed by atoms with van der Waals surface area (Å²) in [4.78, 5) is 4.49. The van der Waals surface area contributed by atoms with Crippen molar-refractivity contribution in [1.82, 2.24) is 4.98 Å². The first-order valence-corrected chi connectivity index (χ1v) is 7.44. The molecule has 0 aromatic carbocycles. The van der Waals surface area contributed by atoms with Crippen LogP contribution in [0.3, 0.4) is 0 Å². The van der Waals surface area contributed by atoms with Crippen molar-refractivity contribution < 1.29 is 8.95 Å². The summed E-state index contributed by atoms with van der Waals surface area (Å²) in [7, 11) is -2.61. The van der Waals surface area contributed by atoms with Crippen molar-refractivity contribution in [1.29, 1.82) is 10.7 Å². The van der Waals surface area contributed by atoms with E-state index in [1.165, 1.54) is 6.20 Å². The molecular formula is C12H14N4O2S. The molecular weight excluding hydrogens is 264 g/mol. The summed E-state index contributed by atoms with van der Waals surface area (Å²) >= 11 is 0. The van der Waals surface area contributed by atoms with Gasteiger partial charge >= 0.3 is 0 Å². The third-order valence-corrected chi connectivity index (χ3v) is 4.93. The largest absolute Gasteiger partial charge is 0.471 e. The van der Waals surface area contributed by atoms with Crippen LogP contribution < -0.4 is 4.74 Å². The molecule has 0 bridgehead atoms. The summed E-state index contributed by atoms with van der Waals surface area (Å²) in [5.74, 6) is 0.610. The van der Waals surface area contributed by atoms with Gasteiger partial charge in [-0.3, -0.25) is 5.41 Å². The predicted molar refractivity (Wildman–Crippen MR) is 70.8 cm³/mol. The van der Waals surface area contributed by atoms with Crippen LogP contribution in [-0.4, -0.2) is 26.4 Å². The van der Waals surface area contributed by atoms with Crippen molar-refractivity contribution in [3.8, 4) is 11.8 Å². The average Bonchev–Trinajstić information content (AvgIpc) is 2.62. The normalized spacial score (nSPS) is 21.5. The van der Waals surface area contributed by atoms with Gasteiger partial charge in [0.25, 0.3) is 0 Å². The molecule has 1 aromatic heterocycles. The van der Waals surface area contributed by atoms with E-state index in [0.717, 1.165) is 0 Å². The summed E-state index contributed by atoms with van der Waals surface area (Å²) < 4.78 is 21.9. The number of hydrogen-bond acceptors (Lipinski definition) is 5. The number of nitriles is 1. The highest BCUT2D eigenvalue weighted by Gasteiger charge is 2.28. The van der Waals surface area contributed by atoms with E-state index < -0.39 is 15.3 Å². The summed E-state index contributed by atoms with van der Waals surface area (Å²) in [5, 5.41) is 16.6. The van der Waals surface area contributed by atoms with Crippen LogP contribution in [0.1, 0.15) is 26.5 Å². The third-order valence-electron chi connectivity index (χ3n) is 2.67. The van der Waals surface area contributed by atoms with Gasteiger partial charge in [-0.2, -0.15) is 9.62 Å². The van der Waals surface area contributed by atoms with Gasteiger partial charge in [0.05, 0.1) is 20.8 Å². The van der Waals surface area contributed by atoms with Gasteiger partial charge in [-0.1, -0.05) is 6.92 Å². The van der Waals surface area contributed by atoms with Gasteiger partial charge in [-0.25, -0.2) is 9.19 Å². The van der Waals surface area contributed by atoms with Crippen LogP contribution in [0.4, 0.5) is 0 Å². The molecule has 0 amide bonds. The molecule has 0 fully saturated rings. The quantitative estimate of drug-likeness (QED) is 0.913. The first-order chi connectivity index (χ1) is 8.81. The molecule has 1 aliphatic rings. The molecule has 0 saturated heterocycles. The SMILES string of the molecule is CCS1(=O)=NC(=N)c2ncc(OC(C)(C)C#N)cc21. The second-order valence-corrected chi connectivity index (χ2v) is 7.09. The van der Waals surface area contributed by atoms with Crippen LogP contribution in [0.2, 0.25) is 0 Å². The number of fused-ring (bicyclic) bond motifs is 1. The van der Waals surface area contributed by atoms with Gasteiger partial charge in [0.1, 0.15) is 17.5 Å². The Balaban J connectivity index is 2.50. The van der Waals surface area contributed by atoms with Gasteiger partial charge in [0.2, 0.25) is 0 Å². The fraction of sp³-hybridized carbons (Fsp3) is 0.417. The molecule has 19 heavy (non-hydrogen) atoms. The Hall–Kier alpha value is -1.94. The van der Waals surface area contributed by atoms with E-state index in [2.05, 4.69) is 9.35 Å². The number of nitrogens with one attached hydrogen (secondary N) is 1. The number of pyridine rings is 1. The zero-order valence-electron chi connectivity index (χ0n) is 10.9. The highest BCUT2D eigenvalue weighted by atomic mass is 32.2. The molecule has 2 heterocycles. The number of ether oxygens (including phenoxy) is 1. The second-order valence-electron chi connectivity index (χ2n) is 4.61. The maximum absolute atomic E-state index is 12.5. The standard InChI is InChI=1S/C12H14N4O2S/c1-4-19(17)9-5-8(18-12(2,3)7-13)6-15-10(9)11(14)16-19/h5-6,14H,4H2,1-3H3. The number of hydrogen-bond donors (Lipinski definition) is 1. The minimum absolute atomic E-state index is 0.0621. The topological polar surface area (TPSA) is 99.2 Å². The molecule has 0 aliphatic carbocycles. The highest BCUT2D eigenvalue weighted by Crippen LogP contribution is 2.30. The molecule has 0 spiro atoms. The summed E-state index contributed by atoms with van der Waals surface area (Å²) in [6.07, 6.45) is 1.42. The van der Waals surface area contributed by atoms with E-state index in [0.29, 0.717) is 22.1 Å². The van der Waals surface area contributed by atoms with Crippen LogP contribution in [-0.2, 0) is 9.73 Å². The van der Waals surface area contributed by atoms with Gasteiger partial charge in [0.15, 0.2) is 11.4 Å². The Morgan fingerprint density at radius 1 is 1.58 bits per heavy atom. The van der Waals surface area contributed by atoms with Crippen LogP contribution in [0, 0.1) is 16.7 Å². The number of aromatic nitrogens is 1. The van der Waals surface area contributed by atoms with E-state index in [-0.39, 0.29) is 5.84 Å².